The predicted molar refractivity (Wildman–Crippen MR) is 80.2 cm³/mol. The normalized spacial score (nSPS) is 10.5. The summed E-state index contributed by atoms with van der Waals surface area (Å²) in [6, 6.07) is 3.45. The maximum atomic E-state index is 12.1. The van der Waals surface area contributed by atoms with E-state index in [0.29, 0.717) is 17.9 Å². The molecule has 21 heavy (non-hydrogen) atoms. The third-order valence-corrected chi connectivity index (χ3v) is 2.73. The molecule has 0 radical (unpaired) electrons. The number of nitrogens with two attached hydrogens (primary N) is 1. The van der Waals surface area contributed by atoms with Crippen molar-refractivity contribution in [3.05, 3.63) is 23.4 Å². The Hall–Kier alpha value is -2.15. The van der Waals surface area contributed by atoms with E-state index in [0.717, 1.165) is 5.69 Å². The summed E-state index contributed by atoms with van der Waals surface area (Å²) in [6.07, 6.45) is 0. The highest BCUT2D eigenvalue weighted by Crippen LogP contribution is 2.17. The van der Waals surface area contributed by atoms with Gasteiger partial charge in [-0.25, -0.2) is 4.98 Å². The zero-order valence-corrected chi connectivity index (χ0v) is 12.6. The Labute approximate surface area is 124 Å². The van der Waals surface area contributed by atoms with Gasteiger partial charge in [0.1, 0.15) is 12.4 Å². The van der Waals surface area contributed by atoms with E-state index in [1.54, 1.807) is 19.2 Å². The van der Waals surface area contributed by atoms with Crippen molar-refractivity contribution in [1.82, 2.24) is 10.3 Å². The van der Waals surface area contributed by atoms with Gasteiger partial charge >= 0.3 is 0 Å². The van der Waals surface area contributed by atoms with E-state index in [4.69, 9.17) is 10.5 Å². The van der Waals surface area contributed by atoms with Crippen LogP contribution in [0.3, 0.4) is 0 Å². The minimum Gasteiger partial charge on any atom is -0.373 e. The van der Waals surface area contributed by atoms with Crippen molar-refractivity contribution in [1.29, 1.82) is 0 Å². The molecule has 1 aromatic rings. The van der Waals surface area contributed by atoms with E-state index >= 15 is 0 Å². The molecule has 0 spiro atoms. The maximum Gasteiger partial charge on any atom is 0.251 e. The second-order valence-corrected chi connectivity index (χ2v) is 4.85. The van der Waals surface area contributed by atoms with Crippen molar-refractivity contribution in [2.75, 3.05) is 32.1 Å². The van der Waals surface area contributed by atoms with Crippen LogP contribution in [-0.4, -0.2) is 43.6 Å². The summed E-state index contributed by atoms with van der Waals surface area (Å²) in [5, 5.41) is 5.66. The van der Waals surface area contributed by atoms with Gasteiger partial charge < -0.3 is 21.1 Å². The van der Waals surface area contributed by atoms with Crippen molar-refractivity contribution in [3.63, 3.8) is 0 Å². The van der Waals surface area contributed by atoms with Crippen LogP contribution in [0.15, 0.2) is 12.1 Å². The quantitative estimate of drug-likeness (QED) is 0.605. The topological polar surface area (TPSA) is 106 Å². The van der Waals surface area contributed by atoms with Crippen molar-refractivity contribution in [3.8, 4) is 0 Å². The molecule has 1 aromatic heterocycles. The second-order valence-electron chi connectivity index (χ2n) is 4.85. The van der Waals surface area contributed by atoms with Gasteiger partial charge in [-0.15, -0.1) is 0 Å². The molecule has 0 saturated heterocycles. The number of nitrogens with zero attached hydrogens (tertiary/aromatic N) is 1. The third kappa shape index (κ3) is 5.78. The number of hydrogen-bond donors (Lipinski definition) is 3. The molecule has 2 amide bonds. The first kappa shape index (κ1) is 16.9. The van der Waals surface area contributed by atoms with E-state index in [1.807, 2.05) is 13.8 Å². The molecule has 7 heteroatoms. The summed E-state index contributed by atoms with van der Waals surface area (Å²) in [5.41, 5.74) is 6.32. The summed E-state index contributed by atoms with van der Waals surface area (Å²) in [4.78, 5) is 27.0. The van der Waals surface area contributed by atoms with Gasteiger partial charge in [0.2, 0.25) is 5.91 Å². The van der Waals surface area contributed by atoms with Gasteiger partial charge in [0.25, 0.3) is 5.91 Å². The number of nitrogens with one attached hydrogen (secondary N) is 2. The highest BCUT2D eigenvalue weighted by atomic mass is 16.5. The molecule has 1 rings (SSSR count). The largest absolute Gasteiger partial charge is 0.373 e. The lowest BCUT2D eigenvalue weighted by Crippen LogP contribution is -2.29. The summed E-state index contributed by atoms with van der Waals surface area (Å²) in [5.74, 6) is 0.134. The van der Waals surface area contributed by atoms with Crippen molar-refractivity contribution >= 4 is 17.6 Å². The second kappa shape index (κ2) is 8.21. The standard InChI is InChI=1S/C14H22N4O3/c1-9(2)11-6-10(7-13(16-3)18-11)14(20)17-4-5-21-8-12(15)19/h6-7,9H,4-5,8H2,1-3H3,(H2,15,19)(H,16,18)(H,17,20). The van der Waals surface area contributed by atoms with Gasteiger partial charge in [0.15, 0.2) is 0 Å². The highest BCUT2D eigenvalue weighted by Gasteiger charge is 2.11. The maximum absolute atomic E-state index is 12.1. The Morgan fingerprint density at radius 1 is 1.38 bits per heavy atom. The molecule has 0 fully saturated rings. The van der Waals surface area contributed by atoms with Crippen LogP contribution in [0, 0.1) is 0 Å². The Morgan fingerprint density at radius 3 is 2.67 bits per heavy atom. The minimum absolute atomic E-state index is 0.146. The number of hydrogen-bond acceptors (Lipinski definition) is 5. The fraction of sp³-hybridized carbons (Fsp3) is 0.500. The monoisotopic (exact) mass is 294 g/mol. The smallest absolute Gasteiger partial charge is 0.251 e. The lowest BCUT2D eigenvalue weighted by Gasteiger charge is -2.11. The van der Waals surface area contributed by atoms with Crippen LogP contribution in [0.1, 0.15) is 35.8 Å². The summed E-state index contributed by atoms with van der Waals surface area (Å²) in [6.45, 7) is 4.42. The van der Waals surface area contributed by atoms with E-state index in [1.165, 1.54) is 0 Å². The van der Waals surface area contributed by atoms with Crippen molar-refractivity contribution in [2.24, 2.45) is 5.73 Å². The Bertz CT molecular complexity index is 503. The molecular weight excluding hydrogens is 272 g/mol. The van der Waals surface area contributed by atoms with Gasteiger partial charge in [0.05, 0.1) is 6.61 Å². The Morgan fingerprint density at radius 2 is 2.10 bits per heavy atom. The molecule has 0 aliphatic rings. The number of aromatic nitrogens is 1. The van der Waals surface area contributed by atoms with Crippen LogP contribution in [-0.2, 0) is 9.53 Å². The molecule has 0 bridgehead atoms. The molecule has 0 saturated carbocycles. The van der Waals surface area contributed by atoms with E-state index < -0.39 is 5.91 Å². The average Bonchev–Trinajstić information content (AvgIpc) is 2.45. The van der Waals surface area contributed by atoms with Crippen LogP contribution in [0.2, 0.25) is 0 Å². The van der Waals surface area contributed by atoms with Crippen LogP contribution in [0.4, 0.5) is 5.82 Å². The molecular formula is C14H22N4O3. The molecule has 0 aromatic carbocycles. The van der Waals surface area contributed by atoms with Gasteiger partial charge in [-0.05, 0) is 18.1 Å². The number of primary amides is 1. The number of anilines is 1. The number of rotatable bonds is 8. The van der Waals surface area contributed by atoms with Crippen LogP contribution in [0.25, 0.3) is 0 Å². The first-order valence-corrected chi connectivity index (χ1v) is 6.78. The Kier molecular flexibility index (Phi) is 6.61. The van der Waals surface area contributed by atoms with Crippen molar-refractivity contribution < 1.29 is 14.3 Å². The highest BCUT2D eigenvalue weighted by molar-refractivity contribution is 5.95. The predicted octanol–water partition coefficient (Wildman–Crippen LogP) is 0.478. The molecule has 1 heterocycles. The zero-order chi connectivity index (χ0) is 15.8. The minimum atomic E-state index is -0.532. The number of carbonyl (C=O) groups is 2. The summed E-state index contributed by atoms with van der Waals surface area (Å²) in [7, 11) is 1.76. The van der Waals surface area contributed by atoms with Crippen LogP contribution in [0.5, 0.6) is 0 Å². The summed E-state index contributed by atoms with van der Waals surface area (Å²) >= 11 is 0. The number of carbonyl (C=O) groups excluding carboxylic acids is 2. The van der Waals surface area contributed by atoms with Crippen molar-refractivity contribution in [2.45, 2.75) is 19.8 Å². The molecule has 0 unspecified atom stereocenters. The first-order valence-electron chi connectivity index (χ1n) is 6.78. The zero-order valence-electron chi connectivity index (χ0n) is 12.6. The molecule has 116 valence electrons. The number of ether oxygens (including phenoxy) is 1. The first-order chi connectivity index (χ1) is 9.93. The van der Waals surface area contributed by atoms with E-state index in [2.05, 4.69) is 15.6 Å². The molecule has 4 N–H and O–H groups in total. The lowest BCUT2D eigenvalue weighted by molar-refractivity contribution is -0.122. The van der Waals surface area contributed by atoms with Crippen LogP contribution < -0.4 is 16.4 Å². The van der Waals surface area contributed by atoms with Gasteiger partial charge in [0, 0.05) is 24.8 Å². The fourth-order valence-electron chi connectivity index (χ4n) is 1.62. The average molecular weight is 294 g/mol. The Balaban J connectivity index is 2.60. The van der Waals surface area contributed by atoms with Gasteiger partial charge in [-0.1, -0.05) is 13.8 Å². The number of pyridine rings is 1. The molecule has 0 aliphatic heterocycles. The molecule has 0 atom stereocenters. The third-order valence-electron chi connectivity index (χ3n) is 2.73. The summed E-state index contributed by atoms with van der Waals surface area (Å²) < 4.78 is 4.97. The van der Waals surface area contributed by atoms with E-state index in [9.17, 15) is 9.59 Å². The molecule has 7 nitrogen and oxygen atoms in total. The van der Waals surface area contributed by atoms with E-state index in [-0.39, 0.29) is 25.0 Å². The van der Waals surface area contributed by atoms with Gasteiger partial charge in [-0.3, -0.25) is 9.59 Å². The molecule has 0 aliphatic carbocycles. The lowest BCUT2D eigenvalue weighted by atomic mass is 10.1. The fourth-order valence-corrected chi connectivity index (χ4v) is 1.62. The SMILES string of the molecule is CNc1cc(C(=O)NCCOCC(N)=O)cc(C(C)C)n1. The number of amides is 2. The van der Waals surface area contributed by atoms with Crippen LogP contribution >= 0.6 is 0 Å². The van der Waals surface area contributed by atoms with Gasteiger partial charge in [-0.2, -0.15) is 0 Å².